The van der Waals surface area contributed by atoms with E-state index in [0.29, 0.717) is 0 Å². The molecule has 0 spiro atoms. The highest BCUT2D eigenvalue weighted by Gasteiger charge is 2.23. The summed E-state index contributed by atoms with van der Waals surface area (Å²) in [6, 6.07) is 0. The Hall–Kier alpha value is -0.990. The van der Waals surface area contributed by atoms with Crippen LogP contribution in [0.4, 0.5) is 0 Å². The number of oxazole rings is 1. The van der Waals surface area contributed by atoms with Crippen molar-refractivity contribution in [3.8, 4) is 0 Å². The summed E-state index contributed by atoms with van der Waals surface area (Å²) in [4.78, 5) is 13.3. The third-order valence-electron chi connectivity index (χ3n) is 2.35. The van der Waals surface area contributed by atoms with Gasteiger partial charge < -0.3 is 4.42 Å². The van der Waals surface area contributed by atoms with Gasteiger partial charge in [0.15, 0.2) is 0 Å². The Labute approximate surface area is 78.2 Å². The van der Waals surface area contributed by atoms with Crippen molar-refractivity contribution in [3.63, 3.8) is 0 Å². The van der Waals surface area contributed by atoms with Crippen LogP contribution < -0.4 is 5.76 Å². The van der Waals surface area contributed by atoms with Crippen LogP contribution in [0.15, 0.2) is 15.4 Å². The van der Waals surface area contributed by atoms with Gasteiger partial charge in [-0.1, -0.05) is 33.6 Å². The van der Waals surface area contributed by atoms with Gasteiger partial charge in [-0.2, -0.15) is 0 Å². The molecule has 1 rings (SSSR count). The van der Waals surface area contributed by atoms with E-state index >= 15 is 0 Å². The first kappa shape index (κ1) is 10.1. The fourth-order valence-corrected chi connectivity index (χ4v) is 1.36. The summed E-state index contributed by atoms with van der Waals surface area (Å²) in [5, 5.41) is 0. The van der Waals surface area contributed by atoms with Crippen LogP contribution in [0.25, 0.3) is 0 Å². The number of rotatable bonds is 4. The molecule has 1 heterocycles. The van der Waals surface area contributed by atoms with Gasteiger partial charge in [0.1, 0.15) is 5.76 Å². The van der Waals surface area contributed by atoms with Gasteiger partial charge in [0.2, 0.25) is 0 Å². The van der Waals surface area contributed by atoms with Crippen LogP contribution in [0.1, 0.15) is 45.8 Å². The monoisotopic (exact) mass is 183 g/mol. The molecule has 1 aromatic rings. The summed E-state index contributed by atoms with van der Waals surface area (Å²) >= 11 is 0. The number of hydrogen-bond donors (Lipinski definition) is 1. The molecule has 0 aliphatic rings. The topological polar surface area (TPSA) is 46.0 Å². The highest BCUT2D eigenvalue weighted by atomic mass is 16.4. The van der Waals surface area contributed by atoms with Crippen LogP contribution in [-0.4, -0.2) is 4.98 Å². The van der Waals surface area contributed by atoms with Crippen molar-refractivity contribution in [2.24, 2.45) is 0 Å². The second-order valence-corrected chi connectivity index (χ2v) is 4.03. The summed E-state index contributed by atoms with van der Waals surface area (Å²) in [6.07, 6.45) is 5.03. The molecule has 74 valence electrons. The molecule has 0 atom stereocenters. The van der Waals surface area contributed by atoms with Crippen molar-refractivity contribution in [2.45, 2.75) is 45.4 Å². The van der Waals surface area contributed by atoms with Gasteiger partial charge >= 0.3 is 5.76 Å². The van der Waals surface area contributed by atoms with E-state index in [1.807, 2.05) is 0 Å². The van der Waals surface area contributed by atoms with E-state index in [-0.39, 0.29) is 11.2 Å². The molecule has 3 nitrogen and oxygen atoms in total. The molecule has 13 heavy (non-hydrogen) atoms. The zero-order chi connectivity index (χ0) is 9.90. The second kappa shape index (κ2) is 3.81. The lowest BCUT2D eigenvalue weighted by atomic mass is 9.85. The molecular formula is C10H17NO2. The van der Waals surface area contributed by atoms with Crippen molar-refractivity contribution < 1.29 is 4.42 Å². The Morgan fingerprint density at radius 1 is 1.54 bits per heavy atom. The van der Waals surface area contributed by atoms with E-state index in [1.54, 1.807) is 6.20 Å². The molecule has 0 saturated heterocycles. The Morgan fingerprint density at radius 2 is 2.23 bits per heavy atom. The minimum atomic E-state index is -0.362. The Balaban J connectivity index is 2.74. The van der Waals surface area contributed by atoms with Crippen molar-refractivity contribution in [2.75, 3.05) is 0 Å². The van der Waals surface area contributed by atoms with Gasteiger partial charge in [-0.05, 0) is 6.42 Å². The molecule has 0 fully saturated rings. The summed E-state index contributed by atoms with van der Waals surface area (Å²) in [5.41, 5.74) is -0.0326. The minimum Gasteiger partial charge on any atom is -0.413 e. The predicted molar refractivity (Wildman–Crippen MR) is 51.9 cm³/mol. The van der Waals surface area contributed by atoms with Gasteiger partial charge in [-0.25, -0.2) is 4.79 Å². The van der Waals surface area contributed by atoms with E-state index < -0.39 is 0 Å². The summed E-state index contributed by atoms with van der Waals surface area (Å²) < 4.78 is 5.03. The number of hydrogen-bond acceptors (Lipinski definition) is 2. The van der Waals surface area contributed by atoms with Crippen LogP contribution >= 0.6 is 0 Å². The fourth-order valence-electron chi connectivity index (χ4n) is 1.36. The van der Waals surface area contributed by atoms with Crippen molar-refractivity contribution in [3.05, 3.63) is 22.5 Å². The van der Waals surface area contributed by atoms with E-state index in [0.717, 1.165) is 25.0 Å². The van der Waals surface area contributed by atoms with E-state index in [4.69, 9.17) is 4.42 Å². The number of aromatic amines is 1. The number of nitrogens with one attached hydrogen (secondary N) is 1. The van der Waals surface area contributed by atoms with E-state index in [1.165, 1.54) is 0 Å². The van der Waals surface area contributed by atoms with Crippen molar-refractivity contribution >= 4 is 0 Å². The second-order valence-electron chi connectivity index (χ2n) is 4.03. The third-order valence-corrected chi connectivity index (χ3v) is 2.35. The summed E-state index contributed by atoms with van der Waals surface area (Å²) in [6.45, 7) is 6.34. The highest BCUT2D eigenvalue weighted by Crippen LogP contribution is 2.27. The normalized spacial score (nSPS) is 11.9. The molecule has 3 heteroatoms. The average Bonchev–Trinajstić information content (AvgIpc) is 2.49. The van der Waals surface area contributed by atoms with Crippen LogP contribution in [0.5, 0.6) is 0 Å². The van der Waals surface area contributed by atoms with Gasteiger partial charge in [0.25, 0.3) is 0 Å². The molecule has 0 aliphatic carbocycles. The van der Waals surface area contributed by atoms with Crippen molar-refractivity contribution in [1.82, 2.24) is 4.98 Å². The standard InChI is InChI=1S/C10H17NO2/c1-4-5-6-10(2,3)8-7-11-9(12)13-8/h7H,4-6H2,1-3H3,(H,11,12). The third kappa shape index (κ3) is 2.47. The lowest BCUT2D eigenvalue weighted by Gasteiger charge is -2.20. The molecule has 0 amide bonds. The maximum absolute atomic E-state index is 10.8. The van der Waals surface area contributed by atoms with Crippen molar-refractivity contribution in [1.29, 1.82) is 0 Å². The van der Waals surface area contributed by atoms with Gasteiger partial charge in [-0.3, -0.25) is 4.98 Å². The first-order valence-corrected chi connectivity index (χ1v) is 4.75. The predicted octanol–water partition coefficient (Wildman–Crippen LogP) is 2.44. The average molecular weight is 183 g/mol. The maximum Gasteiger partial charge on any atom is 0.416 e. The number of H-pyrrole nitrogens is 1. The van der Waals surface area contributed by atoms with Crippen LogP contribution in [-0.2, 0) is 5.41 Å². The number of unbranched alkanes of at least 4 members (excludes halogenated alkanes) is 1. The molecule has 0 aliphatic heterocycles. The fraction of sp³-hybridized carbons (Fsp3) is 0.700. The van der Waals surface area contributed by atoms with Gasteiger partial charge in [-0.15, -0.1) is 0 Å². The van der Waals surface area contributed by atoms with Crippen LogP contribution in [0, 0.1) is 0 Å². The zero-order valence-electron chi connectivity index (χ0n) is 8.52. The Kier molecular flexibility index (Phi) is 2.96. The Bertz CT molecular complexity index is 309. The van der Waals surface area contributed by atoms with Gasteiger partial charge in [0.05, 0.1) is 0 Å². The first-order valence-electron chi connectivity index (χ1n) is 4.75. The quantitative estimate of drug-likeness (QED) is 0.779. The smallest absolute Gasteiger partial charge is 0.413 e. The zero-order valence-corrected chi connectivity index (χ0v) is 8.52. The molecule has 0 saturated carbocycles. The summed E-state index contributed by atoms with van der Waals surface area (Å²) in [5.74, 6) is 0.394. The first-order chi connectivity index (χ1) is 6.06. The lowest BCUT2D eigenvalue weighted by Crippen LogP contribution is -2.16. The minimum absolute atomic E-state index is 0.0326. The molecule has 0 unspecified atom stereocenters. The Morgan fingerprint density at radius 3 is 2.69 bits per heavy atom. The maximum atomic E-state index is 10.8. The molecule has 1 N–H and O–H groups in total. The van der Waals surface area contributed by atoms with E-state index in [9.17, 15) is 4.79 Å². The van der Waals surface area contributed by atoms with Crippen LogP contribution in [0.3, 0.4) is 0 Å². The molecule has 0 bridgehead atoms. The van der Waals surface area contributed by atoms with Gasteiger partial charge in [0, 0.05) is 11.6 Å². The largest absolute Gasteiger partial charge is 0.416 e. The lowest BCUT2D eigenvalue weighted by molar-refractivity contribution is 0.343. The number of aromatic nitrogens is 1. The summed E-state index contributed by atoms with van der Waals surface area (Å²) in [7, 11) is 0. The molecular weight excluding hydrogens is 166 g/mol. The van der Waals surface area contributed by atoms with E-state index in [2.05, 4.69) is 25.8 Å². The molecule has 0 radical (unpaired) electrons. The molecule has 1 aromatic heterocycles. The highest BCUT2D eigenvalue weighted by molar-refractivity contribution is 5.05. The molecule has 0 aromatic carbocycles. The SMILES string of the molecule is CCCCC(C)(C)c1c[nH]c(=O)o1. The van der Waals surface area contributed by atoms with Crippen LogP contribution in [0.2, 0.25) is 0 Å².